The van der Waals surface area contributed by atoms with E-state index in [0.717, 1.165) is 17.0 Å². The van der Waals surface area contributed by atoms with Crippen molar-refractivity contribution in [2.75, 3.05) is 70.9 Å². The van der Waals surface area contributed by atoms with Gasteiger partial charge in [0.1, 0.15) is 17.9 Å². The van der Waals surface area contributed by atoms with Crippen LogP contribution in [-0.2, 0) is 4.79 Å². The van der Waals surface area contributed by atoms with E-state index in [2.05, 4.69) is 21.3 Å². The van der Waals surface area contributed by atoms with Gasteiger partial charge in [-0.25, -0.2) is 0 Å². The number of methoxy groups -OCH3 is 2. The van der Waals surface area contributed by atoms with E-state index in [4.69, 9.17) is 37.4 Å². The molecule has 4 aromatic rings. The summed E-state index contributed by atoms with van der Waals surface area (Å²) in [5.74, 6) is 0.701. The van der Waals surface area contributed by atoms with Gasteiger partial charge in [-0.15, -0.1) is 0 Å². The predicted molar refractivity (Wildman–Crippen MR) is 206 cm³/mol. The van der Waals surface area contributed by atoms with Crippen molar-refractivity contribution in [1.82, 2.24) is 19.7 Å². The van der Waals surface area contributed by atoms with Crippen molar-refractivity contribution >= 4 is 75.0 Å². The summed E-state index contributed by atoms with van der Waals surface area (Å²) in [5.41, 5.74) is 3.46. The Balaban J connectivity index is 1.06. The van der Waals surface area contributed by atoms with Gasteiger partial charge < -0.3 is 24.4 Å². The molecule has 12 nitrogen and oxygen atoms in total. The monoisotopic (exact) mass is 776 g/mol. The number of rotatable bonds is 13. The first-order valence-electron chi connectivity index (χ1n) is 16.9. The summed E-state index contributed by atoms with van der Waals surface area (Å²) in [7, 11) is 3.05. The molecule has 0 saturated carbocycles. The zero-order valence-corrected chi connectivity index (χ0v) is 32.0. The van der Waals surface area contributed by atoms with Gasteiger partial charge >= 0.3 is 0 Å². The molecule has 0 radical (unpaired) electrons. The number of ether oxygens (including phenoxy) is 3. The average molecular weight is 778 g/mol. The zero-order chi connectivity index (χ0) is 37.8. The van der Waals surface area contributed by atoms with Crippen molar-refractivity contribution in [1.29, 1.82) is 5.26 Å². The highest BCUT2D eigenvalue weighted by Crippen LogP contribution is 2.40. The van der Waals surface area contributed by atoms with Crippen LogP contribution in [0.5, 0.6) is 17.2 Å². The molecule has 276 valence electrons. The van der Waals surface area contributed by atoms with E-state index >= 15 is 0 Å². The molecular weight excluding hydrogens is 739 g/mol. The Morgan fingerprint density at radius 3 is 2.42 bits per heavy atom. The second-order valence-corrected chi connectivity index (χ2v) is 14.4. The number of aryl methyl sites for hydroxylation is 1. The molecule has 3 heterocycles. The summed E-state index contributed by atoms with van der Waals surface area (Å²) >= 11 is 14.1. The molecule has 1 fully saturated rings. The minimum atomic E-state index is -0.860. The summed E-state index contributed by atoms with van der Waals surface area (Å²) in [4.78, 5) is 49.9. The van der Waals surface area contributed by atoms with Crippen LogP contribution in [0.3, 0.4) is 0 Å². The Labute approximate surface area is 321 Å². The standard InChI is InChI=1S/C38H38Cl2N6O6S/c1-22-6-7-24-25(14-22)37(48)46(36(24)47)31(21-53-4)38(49)45-11-9-44(10-12-45)8-5-13-52-34-17-29-26(15-33(34)51-3)35(23(19-41)20-42-29)43-30-18-32(50-2)28(40)16-27(30)39/h6-7,14-18,20,31H,5,8-13,21H2,1-4H3,(H,42,43)/t31-/m0/s1. The van der Waals surface area contributed by atoms with Crippen molar-refractivity contribution in [3.05, 3.63) is 81.0 Å². The van der Waals surface area contributed by atoms with Crippen LogP contribution in [0.4, 0.5) is 11.4 Å². The molecule has 2 aliphatic heterocycles. The molecule has 6 rings (SSSR count). The number of hydrogen-bond acceptors (Lipinski definition) is 11. The fourth-order valence-corrected chi connectivity index (χ4v) is 7.67. The average Bonchev–Trinajstić information content (AvgIpc) is 3.40. The number of piperazine rings is 1. The summed E-state index contributed by atoms with van der Waals surface area (Å²) in [6.45, 7) is 5.31. The SMILES string of the molecule is COc1cc(Nc2c(C#N)cnc3cc(OCCCN4CCN(C(=O)[C@H](CSC)N5C(=O)c6ccc(C)cc6C5=O)CC4)c(OC)cc23)c(Cl)cc1Cl. The molecule has 1 aromatic heterocycles. The second kappa shape index (κ2) is 16.5. The summed E-state index contributed by atoms with van der Waals surface area (Å²) in [6, 6.07) is 13.3. The van der Waals surface area contributed by atoms with Gasteiger partial charge in [0.2, 0.25) is 5.91 Å². The molecule has 0 spiro atoms. The molecule has 0 bridgehead atoms. The van der Waals surface area contributed by atoms with Crippen LogP contribution in [0.15, 0.2) is 48.7 Å². The number of nitrogens with zero attached hydrogens (tertiary/aromatic N) is 5. The Morgan fingerprint density at radius 1 is 0.981 bits per heavy atom. The lowest BCUT2D eigenvalue weighted by Gasteiger charge is -2.37. The largest absolute Gasteiger partial charge is 0.495 e. The molecule has 1 atom stereocenters. The van der Waals surface area contributed by atoms with Gasteiger partial charge in [-0.2, -0.15) is 17.0 Å². The lowest BCUT2D eigenvalue weighted by Crippen LogP contribution is -2.57. The van der Waals surface area contributed by atoms with Crippen LogP contribution in [0, 0.1) is 18.3 Å². The molecule has 15 heteroatoms. The van der Waals surface area contributed by atoms with E-state index in [-0.39, 0.29) is 5.91 Å². The maximum absolute atomic E-state index is 13.7. The number of fused-ring (bicyclic) bond motifs is 2. The first-order chi connectivity index (χ1) is 25.6. The zero-order valence-electron chi connectivity index (χ0n) is 29.7. The van der Waals surface area contributed by atoms with E-state index < -0.39 is 17.9 Å². The van der Waals surface area contributed by atoms with Gasteiger partial charge in [0.05, 0.1) is 64.5 Å². The fraction of sp³-hybridized carbons (Fsp3) is 0.342. The lowest BCUT2D eigenvalue weighted by molar-refractivity contribution is -0.136. The lowest BCUT2D eigenvalue weighted by atomic mass is 10.1. The Hall–Kier alpha value is -4.74. The number of carbonyl (C=O) groups is 3. The van der Waals surface area contributed by atoms with Crippen molar-refractivity contribution in [2.24, 2.45) is 0 Å². The quantitative estimate of drug-likeness (QED) is 0.119. The highest BCUT2D eigenvalue weighted by Gasteiger charge is 2.44. The normalized spacial score (nSPS) is 15.0. The van der Waals surface area contributed by atoms with E-state index in [0.29, 0.717) is 111 Å². The molecule has 53 heavy (non-hydrogen) atoms. The van der Waals surface area contributed by atoms with Crippen LogP contribution in [0.2, 0.25) is 10.0 Å². The van der Waals surface area contributed by atoms with Gasteiger partial charge in [0, 0.05) is 62.2 Å². The van der Waals surface area contributed by atoms with E-state index in [1.54, 1.807) is 54.5 Å². The van der Waals surface area contributed by atoms with Gasteiger partial charge in [-0.05, 0) is 43.9 Å². The van der Waals surface area contributed by atoms with Gasteiger partial charge in [-0.3, -0.25) is 29.2 Å². The molecule has 3 aromatic carbocycles. The number of aromatic nitrogens is 1. The first-order valence-corrected chi connectivity index (χ1v) is 19.1. The van der Waals surface area contributed by atoms with Crippen molar-refractivity contribution in [3.63, 3.8) is 0 Å². The van der Waals surface area contributed by atoms with Gasteiger partial charge in [0.15, 0.2) is 11.5 Å². The Kier molecular flexibility index (Phi) is 11.8. The molecule has 2 aliphatic rings. The summed E-state index contributed by atoms with van der Waals surface area (Å²) < 4.78 is 17.2. The number of nitriles is 1. The van der Waals surface area contributed by atoms with Gasteiger partial charge in [0.25, 0.3) is 11.8 Å². The highest BCUT2D eigenvalue weighted by molar-refractivity contribution is 7.98. The number of benzene rings is 3. The number of nitrogens with one attached hydrogen (secondary N) is 1. The number of carbonyl (C=O) groups excluding carboxylic acids is 3. The number of hydrogen-bond donors (Lipinski definition) is 1. The predicted octanol–water partition coefficient (Wildman–Crippen LogP) is 6.42. The molecule has 1 saturated heterocycles. The second-order valence-electron chi connectivity index (χ2n) is 12.6. The molecule has 0 aliphatic carbocycles. The van der Waals surface area contributed by atoms with Crippen LogP contribution in [-0.4, -0.2) is 109 Å². The third-order valence-electron chi connectivity index (χ3n) is 9.33. The number of pyridine rings is 1. The third kappa shape index (κ3) is 7.82. The van der Waals surface area contributed by atoms with E-state index in [1.807, 2.05) is 13.2 Å². The first kappa shape index (κ1) is 38.0. The van der Waals surface area contributed by atoms with Crippen LogP contribution < -0.4 is 19.5 Å². The molecular formula is C38H38Cl2N6O6S. The number of imide groups is 1. The maximum atomic E-state index is 13.7. The smallest absolute Gasteiger partial charge is 0.262 e. The summed E-state index contributed by atoms with van der Waals surface area (Å²) in [5, 5.41) is 14.5. The molecule has 0 unspecified atom stereocenters. The van der Waals surface area contributed by atoms with Crippen molar-refractivity contribution in [2.45, 2.75) is 19.4 Å². The van der Waals surface area contributed by atoms with Gasteiger partial charge in [-0.1, -0.05) is 34.8 Å². The van der Waals surface area contributed by atoms with Crippen LogP contribution >= 0.6 is 35.0 Å². The third-order valence-corrected chi connectivity index (χ3v) is 10.6. The summed E-state index contributed by atoms with van der Waals surface area (Å²) in [6.07, 6.45) is 4.06. The molecule has 1 N–H and O–H groups in total. The van der Waals surface area contributed by atoms with E-state index in [1.165, 1.54) is 25.1 Å². The minimum absolute atomic E-state index is 0.207. The topological polar surface area (TPSA) is 137 Å². The molecule has 3 amide bonds. The number of anilines is 2. The fourth-order valence-electron chi connectivity index (χ4n) is 6.55. The Morgan fingerprint density at radius 2 is 1.72 bits per heavy atom. The van der Waals surface area contributed by atoms with Crippen molar-refractivity contribution in [3.8, 4) is 23.3 Å². The maximum Gasteiger partial charge on any atom is 0.262 e. The van der Waals surface area contributed by atoms with Crippen molar-refractivity contribution < 1.29 is 28.6 Å². The minimum Gasteiger partial charge on any atom is -0.495 e. The van der Waals surface area contributed by atoms with Crippen LogP contribution in [0.25, 0.3) is 10.9 Å². The van der Waals surface area contributed by atoms with E-state index in [9.17, 15) is 19.6 Å². The number of halogens is 2. The number of amides is 3. The number of thioether (sulfide) groups is 1. The Bertz CT molecular complexity index is 2120. The highest BCUT2D eigenvalue weighted by atomic mass is 35.5. The van der Waals surface area contributed by atoms with Crippen LogP contribution in [0.1, 0.15) is 38.3 Å².